The number of thiophene rings is 1. The van der Waals surface area contributed by atoms with Gasteiger partial charge >= 0.3 is 0 Å². The van der Waals surface area contributed by atoms with E-state index in [2.05, 4.69) is 4.90 Å². The summed E-state index contributed by atoms with van der Waals surface area (Å²) in [7, 11) is 1.72. The summed E-state index contributed by atoms with van der Waals surface area (Å²) in [4.78, 5) is 17.3. The molecule has 1 amide bonds. The summed E-state index contributed by atoms with van der Waals surface area (Å²) < 4.78 is 5.76. The summed E-state index contributed by atoms with van der Waals surface area (Å²) in [5.74, 6) is 0.102. The van der Waals surface area contributed by atoms with Crippen LogP contribution in [0.3, 0.4) is 0 Å². The normalized spacial score (nSPS) is 17.5. The van der Waals surface area contributed by atoms with Crippen LogP contribution in [0.5, 0.6) is 0 Å². The van der Waals surface area contributed by atoms with Gasteiger partial charge in [0.2, 0.25) is 0 Å². The smallest absolute Gasteiger partial charge is 0.264 e. The molecule has 1 saturated heterocycles. The van der Waals surface area contributed by atoms with E-state index in [1.165, 1.54) is 11.3 Å². The fourth-order valence-electron chi connectivity index (χ4n) is 2.20. The molecule has 0 unspecified atom stereocenters. The highest BCUT2D eigenvalue weighted by Gasteiger charge is 2.21. The Morgan fingerprint density at radius 3 is 2.89 bits per heavy atom. The monoisotopic (exact) mass is 302 g/mol. The van der Waals surface area contributed by atoms with Crippen LogP contribution in [0.1, 0.15) is 16.1 Å². The molecule has 0 aromatic carbocycles. The summed E-state index contributed by atoms with van der Waals surface area (Å²) in [6, 6.07) is 3.59. The molecule has 1 fully saturated rings. The number of methoxy groups -OCH3 is 1. The van der Waals surface area contributed by atoms with Crippen LogP contribution in [0.15, 0.2) is 12.1 Å². The van der Waals surface area contributed by atoms with Gasteiger partial charge < -0.3 is 9.64 Å². The van der Waals surface area contributed by atoms with E-state index in [0.29, 0.717) is 4.34 Å². The van der Waals surface area contributed by atoms with Crippen LogP contribution in [-0.4, -0.2) is 62.1 Å². The van der Waals surface area contributed by atoms with Crippen molar-refractivity contribution in [3.05, 3.63) is 21.3 Å². The molecule has 0 N–H and O–H groups in total. The summed E-state index contributed by atoms with van der Waals surface area (Å²) in [5.41, 5.74) is 0. The van der Waals surface area contributed by atoms with Crippen molar-refractivity contribution in [1.82, 2.24) is 9.80 Å². The van der Waals surface area contributed by atoms with E-state index in [1.807, 2.05) is 11.0 Å². The lowest BCUT2D eigenvalue weighted by molar-refractivity contribution is 0.0764. The third-order valence-corrected chi connectivity index (χ3v) is 4.49. The Kier molecular flexibility index (Phi) is 5.63. The predicted molar refractivity (Wildman–Crippen MR) is 78.2 cm³/mol. The standard InChI is InChI=1S/C13H19ClN2O2S/c1-18-10-9-15-5-2-6-16(8-7-15)13(17)11-3-4-12(14)19-11/h3-4H,2,5-10H2,1H3. The molecule has 106 valence electrons. The van der Waals surface area contributed by atoms with Crippen molar-refractivity contribution in [2.75, 3.05) is 46.4 Å². The van der Waals surface area contributed by atoms with Gasteiger partial charge in [0.25, 0.3) is 5.91 Å². The zero-order chi connectivity index (χ0) is 13.7. The van der Waals surface area contributed by atoms with Crippen LogP contribution in [0, 0.1) is 0 Å². The van der Waals surface area contributed by atoms with Crippen molar-refractivity contribution < 1.29 is 9.53 Å². The number of hydrogen-bond donors (Lipinski definition) is 0. The summed E-state index contributed by atoms with van der Waals surface area (Å²) in [5, 5.41) is 0. The number of nitrogens with zero attached hydrogens (tertiary/aromatic N) is 2. The molecule has 4 nitrogen and oxygen atoms in total. The molecule has 1 aliphatic heterocycles. The highest BCUT2D eigenvalue weighted by atomic mass is 35.5. The fourth-order valence-corrected chi connectivity index (χ4v) is 3.21. The first-order valence-electron chi connectivity index (χ1n) is 6.46. The van der Waals surface area contributed by atoms with Crippen molar-refractivity contribution in [2.24, 2.45) is 0 Å². The van der Waals surface area contributed by atoms with Crippen LogP contribution < -0.4 is 0 Å². The molecular weight excluding hydrogens is 284 g/mol. The van der Waals surface area contributed by atoms with Gasteiger partial charge in [-0.1, -0.05) is 11.6 Å². The van der Waals surface area contributed by atoms with Gasteiger partial charge in [-0.05, 0) is 25.1 Å². The minimum Gasteiger partial charge on any atom is -0.383 e. The van der Waals surface area contributed by atoms with E-state index in [1.54, 1.807) is 13.2 Å². The minimum absolute atomic E-state index is 0.102. The number of halogens is 1. The molecule has 0 spiro atoms. The Balaban J connectivity index is 1.90. The number of carbonyl (C=O) groups excluding carboxylic acids is 1. The van der Waals surface area contributed by atoms with Crippen molar-refractivity contribution in [3.8, 4) is 0 Å². The van der Waals surface area contributed by atoms with Gasteiger partial charge in [0, 0.05) is 33.3 Å². The largest absolute Gasteiger partial charge is 0.383 e. The van der Waals surface area contributed by atoms with Crippen molar-refractivity contribution in [3.63, 3.8) is 0 Å². The SMILES string of the molecule is COCCN1CCCN(C(=O)c2ccc(Cl)s2)CC1. The quantitative estimate of drug-likeness (QED) is 0.855. The van der Waals surface area contributed by atoms with E-state index >= 15 is 0 Å². The Labute approximate surface area is 122 Å². The number of carbonyl (C=O) groups is 1. The van der Waals surface area contributed by atoms with Crippen molar-refractivity contribution >= 4 is 28.8 Å². The van der Waals surface area contributed by atoms with Gasteiger partial charge in [-0.15, -0.1) is 11.3 Å². The van der Waals surface area contributed by atoms with Gasteiger partial charge in [-0.2, -0.15) is 0 Å². The second-order valence-corrected chi connectivity index (χ2v) is 6.30. The van der Waals surface area contributed by atoms with Crippen LogP contribution in [-0.2, 0) is 4.74 Å². The summed E-state index contributed by atoms with van der Waals surface area (Å²) >= 11 is 7.23. The molecule has 0 radical (unpaired) electrons. The van der Waals surface area contributed by atoms with E-state index in [4.69, 9.17) is 16.3 Å². The molecule has 0 saturated carbocycles. The number of hydrogen-bond acceptors (Lipinski definition) is 4. The maximum Gasteiger partial charge on any atom is 0.264 e. The average Bonchev–Trinajstić information content (AvgIpc) is 2.71. The summed E-state index contributed by atoms with van der Waals surface area (Å²) in [6.45, 7) is 5.21. The van der Waals surface area contributed by atoms with Crippen molar-refractivity contribution in [1.29, 1.82) is 0 Å². The lowest BCUT2D eigenvalue weighted by atomic mass is 10.3. The molecule has 2 rings (SSSR count). The lowest BCUT2D eigenvalue weighted by Gasteiger charge is -2.21. The molecule has 0 aliphatic carbocycles. The maximum atomic E-state index is 12.3. The topological polar surface area (TPSA) is 32.8 Å². The van der Waals surface area contributed by atoms with E-state index in [0.717, 1.165) is 50.6 Å². The van der Waals surface area contributed by atoms with E-state index in [-0.39, 0.29) is 5.91 Å². The molecule has 0 bridgehead atoms. The second-order valence-electron chi connectivity index (χ2n) is 4.58. The summed E-state index contributed by atoms with van der Waals surface area (Å²) in [6.07, 6.45) is 1.01. The highest BCUT2D eigenvalue weighted by Crippen LogP contribution is 2.23. The van der Waals surface area contributed by atoms with Gasteiger partial charge in [0.15, 0.2) is 0 Å². The molecular formula is C13H19ClN2O2S. The van der Waals surface area contributed by atoms with Gasteiger partial charge in [-0.3, -0.25) is 9.69 Å². The van der Waals surface area contributed by atoms with E-state index < -0.39 is 0 Å². The predicted octanol–water partition coefficient (Wildman–Crippen LogP) is 2.20. The van der Waals surface area contributed by atoms with Crippen LogP contribution in [0.25, 0.3) is 0 Å². The molecule has 1 aromatic rings. The maximum absolute atomic E-state index is 12.3. The van der Waals surface area contributed by atoms with Crippen LogP contribution in [0.4, 0.5) is 0 Å². The minimum atomic E-state index is 0.102. The molecule has 0 atom stereocenters. The van der Waals surface area contributed by atoms with Gasteiger partial charge in [0.1, 0.15) is 0 Å². The third-order valence-electron chi connectivity index (χ3n) is 3.27. The number of amides is 1. The number of ether oxygens (including phenoxy) is 1. The van der Waals surface area contributed by atoms with Crippen molar-refractivity contribution in [2.45, 2.75) is 6.42 Å². The first-order valence-corrected chi connectivity index (χ1v) is 7.66. The molecule has 1 aromatic heterocycles. The van der Waals surface area contributed by atoms with Gasteiger partial charge in [0.05, 0.1) is 15.8 Å². The van der Waals surface area contributed by atoms with Crippen LogP contribution in [0.2, 0.25) is 4.34 Å². The van der Waals surface area contributed by atoms with Gasteiger partial charge in [-0.25, -0.2) is 0 Å². The van der Waals surface area contributed by atoms with E-state index in [9.17, 15) is 4.79 Å². The molecule has 19 heavy (non-hydrogen) atoms. The number of rotatable bonds is 4. The Bertz CT molecular complexity index is 425. The zero-order valence-corrected chi connectivity index (χ0v) is 12.7. The zero-order valence-electron chi connectivity index (χ0n) is 11.1. The molecule has 2 heterocycles. The molecule has 6 heteroatoms. The Morgan fingerprint density at radius 2 is 2.21 bits per heavy atom. The van der Waals surface area contributed by atoms with Crippen LogP contribution >= 0.6 is 22.9 Å². The Morgan fingerprint density at radius 1 is 1.37 bits per heavy atom. The second kappa shape index (κ2) is 7.24. The molecule has 1 aliphatic rings. The fraction of sp³-hybridized carbons (Fsp3) is 0.615. The highest BCUT2D eigenvalue weighted by molar-refractivity contribution is 7.17. The first kappa shape index (κ1) is 14.8. The average molecular weight is 303 g/mol. The first-order chi connectivity index (χ1) is 9.20. The third kappa shape index (κ3) is 4.18. The Hall–Kier alpha value is -0.620. The lowest BCUT2D eigenvalue weighted by Crippen LogP contribution is -2.35.